The minimum absolute atomic E-state index is 0.0434. The van der Waals surface area contributed by atoms with Gasteiger partial charge in [-0.15, -0.1) is 0 Å². The molecule has 1 aromatic heterocycles. The van der Waals surface area contributed by atoms with E-state index in [9.17, 15) is 13.2 Å². The maximum atomic E-state index is 12.1. The number of rotatable bonds is 4. The van der Waals surface area contributed by atoms with E-state index >= 15 is 0 Å². The van der Waals surface area contributed by atoms with Crippen LogP contribution in [0.2, 0.25) is 0 Å². The van der Waals surface area contributed by atoms with Gasteiger partial charge < -0.3 is 19.7 Å². The fourth-order valence-corrected chi connectivity index (χ4v) is 3.36. The molecule has 1 aromatic rings. The summed E-state index contributed by atoms with van der Waals surface area (Å²) in [6, 6.07) is 3.13. The van der Waals surface area contributed by atoms with Gasteiger partial charge in [-0.2, -0.15) is 13.2 Å². The van der Waals surface area contributed by atoms with Crippen molar-refractivity contribution in [3.05, 3.63) is 23.9 Å². The summed E-state index contributed by atoms with van der Waals surface area (Å²) < 4.78 is 46.6. The molecule has 3 heterocycles. The van der Waals surface area contributed by atoms with E-state index in [-0.39, 0.29) is 11.3 Å². The van der Waals surface area contributed by atoms with Gasteiger partial charge in [0.05, 0.1) is 6.61 Å². The van der Waals surface area contributed by atoms with Gasteiger partial charge in [-0.1, -0.05) is 6.07 Å². The van der Waals surface area contributed by atoms with Crippen molar-refractivity contribution in [1.82, 2.24) is 15.2 Å². The van der Waals surface area contributed by atoms with Gasteiger partial charge in [-0.05, 0) is 18.4 Å². The van der Waals surface area contributed by atoms with Crippen molar-refractivity contribution in [2.24, 2.45) is 10.4 Å². The number of aromatic nitrogens is 1. The first kappa shape index (κ1) is 18.8. The second-order valence-corrected chi connectivity index (χ2v) is 6.78. The van der Waals surface area contributed by atoms with E-state index in [0.717, 1.165) is 50.7 Å². The summed E-state index contributed by atoms with van der Waals surface area (Å²) in [5.74, 6) is 0.768. The fraction of sp³-hybridized carbons (Fsp3) is 0.647. The lowest BCUT2D eigenvalue weighted by Crippen LogP contribution is -2.41. The molecule has 1 spiro atoms. The number of alkyl halides is 3. The molecule has 9 heteroatoms. The predicted molar refractivity (Wildman–Crippen MR) is 90.0 cm³/mol. The zero-order valence-corrected chi connectivity index (χ0v) is 14.7. The molecule has 0 aliphatic carbocycles. The van der Waals surface area contributed by atoms with Gasteiger partial charge >= 0.3 is 6.18 Å². The molecule has 1 unspecified atom stereocenters. The molecule has 0 aromatic carbocycles. The molecule has 0 amide bonds. The van der Waals surface area contributed by atoms with E-state index in [0.29, 0.717) is 6.54 Å². The number of ether oxygens (including phenoxy) is 2. The number of halogens is 3. The standard InChI is InChI=1S/C17H23F3N4O2/c1-21-15(24-6-4-16(10-24)5-7-25-11-16)23-9-13-2-3-14(22-8-13)26-12-17(18,19)20/h2-3,8H,4-7,9-12H2,1H3,(H,21,23). The van der Waals surface area contributed by atoms with Gasteiger partial charge in [0, 0.05) is 51.0 Å². The van der Waals surface area contributed by atoms with Crippen LogP contribution >= 0.6 is 0 Å². The first-order valence-electron chi connectivity index (χ1n) is 8.57. The third-order valence-corrected chi connectivity index (χ3v) is 4.77. The van der Waals surface area contributed by atoms with Crippen molar-refractivity contribution in [1.29, 1.82) is 0 Å². The van der Waals surface area contributed by atoms with Crippen molar-refractivity contribution >= 4 is 5.96 Å². The number of guanidine groups is 1. The minimum Gasteiger partial charge on any atom is -0.468 e. The van der Waals surface area contributed by atoms with Gasteiger partial charge in [0.1, 0.15) is 0 Å². The largest absolute Gasteiger partial charge is 0.468 e. The summed E-state index contributed by atoms with van der Waals surface area (Å²) in [7, 11) is 1.74. The van der Waals surface area contributed by atoms with Crippen LogP contribution in [0.15, 0.2) is 23.3 Å². The van der Waals surface area contributed by atoms with Crippen LogP contribution in [0.4, 0.5) is 13.2 Å². The predicted octanol–water partition coefficient (Wildman–Crippen LogP) is 2.21. The van der Waals surface area contributed by atoms with Crippen LogP contribution in [0.25, 0.3) is 0 Å². The highest BCUT2D eigenvalue weighted by Crippen LogP contribution is 2.38. The molecule has 1 N–H and O–H groups in total. The van der Waals surface area contributed by atoms with Gasteiger partial charge in [-0.25, -0.2) is 4.98 Å². The summed E-state index contributed by atoms with van der Waals surface area (Å²) >= 11 is 0. The van der Waals surface area contributed by atoms with Crippen molar-refractivity contribution in [3.63, 3.8) is 0 Å². The highest BCUT2D eigenvalue weighted by Gasteiger charge is 2.42. The quantitative estimate of drug-likeness (QED) is 0.649. The smallest absolute Gasteiger partial charge is 0.422 e. The van der Waals surface area contributed by atoms with Crippen LogP contribution in [-0.2, 0) is 11.3 Å². The average molecular weight is 372 g/mol. The SMILES string of the molecule is CN=C(NCc1ccc(OCC(F)(F)F)nc1)N1CCC2(CCOC2)C1. The van der Waals surface area contributed by atoms with E-state index in [1.165, 1.54) is 12.3 Å². The molecule has 2 aliphatic rings. The summed E-state index contributed by atoms with van der Waals surface area (Å²) in [5.41, 5.74) is 1.08. The molecule has 2 fully saturated rings. The molecule has 2 aliphatic heterocycles. The van der Waals surface area contributed by atoms with E-state index in [1.54, 1.807) is 13.1 Å². The third-order valence-electron chi connectivity index (χ3n) is 4.77. The average Bonchev–Trinajstić information content (AvgIpc) is 3.24. The second kappa shape index (κ2) is 7.69. The fourth-order valence-electron chi connectivity index (χ4n) is 3.36. The second-order valence-electron chi connectivity index (χ2n) is 6.78. The summed E-state index contributed by atoms with van der Waals surface area (Å²) in [4.78, 5) is 10.5. The van der Waals surface area contributed by atoms with Crippen LogP contribution in [0.5, 0.6) is 5.88 Å². The number of pyridine rings is 1. The molecule has 0 radical (unpaired) electrons. The van der Waals surface area contributed by atoms with Crippen molar-refractivity contribution in [3.8, 4) is 5.88 Å². The number of hydrogen-bond donors (Lipinski definition) is 1. The van der Waals surface area contributed by atoms with Crippen LogP contribution in [0.3, 0.4) is 0 Å². The van der Waals surface area contributed by atoms with Gasteiger partial charge in [0.25, 0.3) is 0 Å². The van der Waals surface area contributed by atoms with Gasteiger partial charge in [0.15, 0.2) is 12.6 Å². The molecule has 6 nitrogen and oxygen atoms in total. The number of nitrogens with one attached hydrogen (secondary N) is 1. The Hall–Kier alpha value is -2.03. The lowest BCUT2D eigenvalue weighted by Gasteiger charge is -2.25. The Morgan fingerprint density at radius 2 is 2.27 bits per heavy atom. The highest BCUT2D eigenvalue weighted by molar-refractivity contribution is 5.80. The van der Waals surface area contributed by atoms with E-state index in [4.69, 9.17) is 4.74 Å². The Morgan fingerprint density at radius 1 is 1.42 bits per heavy atom. The highest BCUT2D eigenvalue weighted by atomic mass is 19.4. The zero-order chi connectivity index (χ0) is 18.6. The summed E-state index contributed by atoms with van der Waals surface area (Å²) in [6.45, 7) is 2.64. The maximum absolute atomic E-state index is 12.1. The Morgan fingerprint density at radius 3 is 2.88 bits per heavy atom. The Bertz CT molecular complexity index is 628. The van der Waals surface area contributed by atoms with Crippen LogP contribution in [-0.4, -0.2) is 62.0 Å². The van der Waals surface area contributed by atoms with Crippen molar-refractivity contribution in [2.45, 2.75) is 25.6 Å². The van der Waals surface area contributed by atoms with Gasteiger partial charge in [-0.3, -0.25) is 4.99 Å². The molecule has 1 atom stereocenters. The number of likely N-dealkylation sites (tertiary alicyclic amines) is 1. The topological polar surface area (TPSA) is 59.0 Å². The Balaban J connectivity index is 1.49. The first-order valence-corrected chi connectivity index (χ1v) is 8.57. The third kappa shape index (κ3) is 4.78. The lowest BCUT2D eigenvalue weighted by molar-refractivity contribution is -0.154. The molecular formula is C17H23F3N4O2. The van der Waals surface area contributed by atoms with Gasteiger partial charge in [0.2, 0.25) is 5.88 Å². The van der Waals surface area contributed by atoms with Crippen molar-refractivity contribution < 1.29 is 22.6 Å². The normalized spacial score (nSPS) is 23.7. The van der Waals surface area contributed by atoms with E-state index < -0.39 is 12.8 Å². The number of aliphatic imine (C=N–C) groups is 1. The first-order chi connectivity index (χ1) is 12.4. The molecule has 144 valence electrons. The summed E-state index contributed by atoms with van der Waals surface area (Å²) in [5, 5.41) is 3.28. The molecule has 26 heavy (non-hydrogen) atoms. The monoisotopic (exact) mass is 372 g/mol. The minimum atomic E-state index is -4.37. The lowest BCUT2D eigenvalue weighted by atomic mass is 9.87. The number of nitrogens with zero attached hydrogens (tertiary/aromatic N) is 3. The molecular weight excluding hydrogens is 349 g/mol. The Kier molecular flexibility index (Phi) is 5.55. The summed E-state index contributed by atoms with van der Waals surface area (Å²) in [6.07, 6.45) is -0.682. The maximum Gasteiger partial charge on any atom is 0.422 e. The zero-order valence-electron chi connectivity index (χ0n) is 14.7. The number of hydrogen-bond acceptors (Lipinski definition) is 4. The van der Waals surface area contributed by atoms with Crippen LogP contribution in [0, 0.1) is 5.41 Å². The molecule has 3 rings (SSSR count). The van der Waals surface area contributed by atoms with Crippen LogP contribution < -0.4 is 10.1 Å². The van der Waals surface area contributed by atoms with E-state index in [2.05, 4.69) is 24.9 Å². The molecule has 0 saturated carbocycles. The molecule has 0 bridgehead atoms. The molecule has 2 saturated heterocycles. The van der Waals surface area contributed by atoms with Crippen molar-refractivity contribution in [2.75, 3.05) is 40.0 Å². The van der Waals surface area contributed by atoms with Crippen LogP contribution in [0.1, 0.15) is 18.4 Å². The van der Waals surface area contributed by atoms with E-state index in [1.807, 2.05) is 0 Å². The Labute approximate surface area is 150 Å².